The minimum Gasteiger partial charge on any atom is -0.148 e. The number of hydrogen-bond donors (Lipinski definition) is 0. The van der Waals surface area contributed by atoms with Crippen LogP contribution in [0.1, 0.15) is 41.3 Å². The van der Waals surface area contributed by atoms with Gasteiger partial charge < -0.3 is 0 Å². The molecule has 2 aromatic rings. The lowest BCUT2D eigenvalue weighted by Crippen LogP contribution is -1.92. The molecule has 0 bridgehead atoms. The Morgan fingerprint density at radius 2 is 2.14 bits per heavy atom. The van der Waals surface area contributed by atoms with Crippen molar-refractivity contribution in [1.29, 1.82) is 0 Å². The van der Waals surface area contributed by atoms with Crippen molar-refractivity contribution in [2.45, 2.75) is 33.1 Å². The van der Waals surface area contributed by atoms with Crippen molar-refractivity contribution in [3.05, 3.63) is 69.4 Å². The first-order valence-corrected chi connectivity index (χ1v) is 8.61. The first-order chi connectivity index (χ1) is 10.2. The number of fused-ring (bicyclic) bond motifs is 1. The smallest absolute Gasteiger partial charge is 0.0121 e. The predicted octanol–water partition coefficient (Wildman–Crippen LogP) is 6.13. The Kier molecular flexibility index (Phi) is 4.40. The van der Waals surface area contributed by atoms with Gasteiger partial charge in [0.25, 0.3) is 0 Å². The Labute approximate surface area is 131 Å². The molecule has 1 aliphatic carbocycles. The van der Waals surface area contributed by atoms with Crippen molar-refractivity contribution in [3.63, 3.8) is 0 Å². The van der Waals surface area contributed by atoms with Crippen molar-refractivity contribution >= 4 is 23.0 Å². The summed E-state index contributed by atoms with van der Waals surface area (Å²) < 4.78 is 0. The van der Waals surface area contributed by atoms with E-state index in [0.717, 1.165) is 6.42 Å². The lowest BCUT2D eigenvalue weighted by Gasteiger charge is -2.07. The van der Waals surface area contributed by atoms with Gasteiger partial charge in [-0.05, 0) is 60.3 Å². The molecule has 1 aromatic heterocycles. The van der Waals surface area contributed by atoms with E-state index in [1.807, 2.05) is 11.3 Å². The summed E-state index contributed by atoms with van der Waals surface area (Å²) in [5.74, 6) is 0.679. The average Bonchev–Trinajstić information content (AvgIpc) is 2.93. The third kappa shape index (κ3) is 3.54. The fourth-order valence-electron chi connectivity index (χ4n) is 2.91. The maximum absolute atomic E-state index is 2.38. The average molecular weight is 294 g/mol. The molecule has 1 heterocycles. The second-order valence-corrected chi connectivity index (χ2v) is 6.99. The van der Waals surface area contributed by atoms with E-state index in [-0.39, 0.29) is 0 Å². The van der Waals surface area contributed by atoms with Gasteiger partial charge in [0.05, 0.1) is 0 Å². The van der Waals surface area contributed by atoms with Crippen molar-refractivity contribution in [2.24, 2.45) is 5.92 Å². The Hall–Kier alpha value is -1.60. The fraction of sp³-hybridized carbons (Fsp3) is 0.300. The highest BCUT2D eigenvalue weighted by Gasteiger charge is 2.12. The molecule has 0 N–H and O–H groups in total. The summed E-state index contributed by atoms with van der Waals surface area (Å²) in [5, 5.41) is 2.24. The monoisotopic (exact) mass is 294 g/mol. The van der Waals surface area contributed by atoms with Gasteiger partial charge in [-0.3, -0.25) is 0 Å². The number of thiophene rings is 1. The molecular formula is C20H22S. The molecule has 0 nitrogen and oxygen atoms in total. The number of benzene rings is 1. The standard InChI is InChI=1S/C20H22S/c1-15-5-4-8-18(14-17-7-3-6-16(2)13-17)19-11-12-21-20(19)10-9-15/h3-7,11-15H,8-10H2,1-2H3/b5-4-,18-14+. The summed E-state index contributed by atoms with van der Waals surface area (Å²) in [5.41, 5.74) is 5.53. The Morgan fingerprint density at radius 3 is 3.00 bits per heavy atom. The van der Waals surface area contributed by atoms with Gasteiger partial charge in [-0.15, -0.1) is 11.3 Å². The summed E-state index contributed by atoms with van der Waals surface area (Å²) in [6.07, 6.45) is 10.6. The molecule has 108 valence electrons. The molecule has 21 heavy (non-hydrogen) atoms. The van der Waals surface area contributed by atoms with E-state index >= 15 is 0 Å². The van der Waals surface area contributed by atoms with Gasteiger partial charge in [0.15, 0.2) is 0 Å². The van der Waals surface area contributed by atoms with Gasteiger partial charge in [-0.2, -0.15) is 0 Å². The van der Waals surface area contributed by atoms with Crippen LogP contribution in [0.5, 0.6) is 0 Å². The summed E-state index contributed by atoms with van der Waals surface area (Å²) in [7, 11) is 0. The van der Waals surface area contributed by atoms with Crippen LogP contribution in [0.25, 0.3) is 11.6 Å². The maximum Gasteiger partial charge on any atom is 0.0121 e. The lowest BCUT2D eigenvalue weighted by molar-refractivity contribution is 0.651. The largest absolute Gasteiger partial charge is 0.148 e. The summed E-state index contributed by atoms with van der Waals surface area (Å²) in [4.78, 5) is 1.55. The molecule has 0 spiro atoms. The van der Waals surface area contributed by atoms with Crippen LogP contribution in [-0.4, -0.2) is 0 Å². The minimum atomic E-state index is 0.679. The fourth-order valence-corrected chi connectivity index (χ4v) is 3.84. The number of aryl methyl sites for hydroxylation is 2. The summed E-state index contributed by atoms with van der Waals surface area (Å²) in [6, 6.07) is 11.1. The lowest BCUT2D eigenvalue weighted by atomic mass is 9.99. The third-order valence-corrected chi connectivity index (χ3v) is 5.08. The van der Waals surface area contributed by atoms with Gasteiger partial charge in [-0.1, -0.05) is 55.0 Å². The van der Waals surface area contributed by atoms with Crippen LogP contribution < -0.4 is 0 Å². The van der Waals surface area contributed by atoms with E-state index in [2.05, 4.69) is 67.8 Å². The molecule has 1 unspecified atom stereocenters. The van der Waals surface area contributed by atoms with Crippen LogP contribution in [0.15, 0.2) is 47.9 Å². The second kappa shape index (κ2) is 6.44. The molecule has 1 atom stereocenters. The molecule has 0 fully saturated rings. The van der Waals surface area contributed by atoms with Crippen LogP contribution in [0.4, 0.5) is 0 Å². The SMILES string of the molecule is Cc1cccc(/C=C2\C/C=C\C(C)CCc3sccc32)c1. The van der Waals surface area contributed by atoms with Crippen molar-refractivity contribution in [3.8, 4) is 0 Å². The topological polar surface area (TPSA) is 0 Å². The van der Waals surface area contributed by atoms with Gasteiger partial charge in [0.2, 0.25) is 0 Å². The number of hydrogen-bond acceptors (Lipinski definition) is 1. The maximum atomic E-state index is 2.38. The first kappa shape index (κ1) is 14.3. The number of rotatable bonds is 1. The molecule has 1 aromatic carbocycles. The normalized spacial score (nSPS) is 22.2. The zero-order chi connectivity index (χ0) is 14.7. The summed E-state index contributed by atoms with van der Waals surface area (Å²) >= 11 is 1.91. The van der Waals surface area contributed by atoms with Gasteiger partial charge in [0, 0.05) is 4.88 Å². The molecule has 3 rings (SSSR count). The Bertz CT molecular complexity index is 673. The van der Waals surface area contributed by atoms with E-state index in [0.29, 0.717) is 5.92 Å². The Balaban J connectivity index is 2.02. The summed E-state index contributed by atoms with van der Waals surface area (Å²) in [6.45, 7) is 4.47. The molecule has 0 radical (unpaired) electrons. The van der Waals surface area contributed by atoms with Crippen LogP contribution in [0.2, 0.25) is 0 Å². The zero-order valence-electron chi connectivity index (χ0n) is 12.8. The van der Waals surface area contributed by atoms with Gasteiger partial charge >= 0.3 is 0 Å². The van der Waals surface area contributed by atoms with Crippen molar-refractivity contribution in [1.82, 2.24) is 0 Å². The molecular weight excluding hydrogens is 272 g/mol. The van der Waals surface area contributed by atoms with Crippen molar-refractivity contribution in [2.75, 3.05) is 0 Å². The highest BCUT2D eigenvalue weighted by Crippen LogP contribution is 2.32. The van der Waals surface area contributed by atoms with E-state index < -0.39 is 0 Å². The van der Waals surface area contributed by atoms with E-state index in [1.165, 1.54) is 35.1 Å². The highest BCUT2D eigenvalue weighted by molar-refractivity contribution is 7.10. The predicted molar refractivity (Wildman–Crippen MR) is 94.6 cm³/mol. The zero-order valence-corrected chi connectivity index (χ0v) is 13.6. The van der Waals surface area contributed by atoms with Gasteiger partial charge in [-0.25, -0.2) is 0 Å². The van der Waals surface area contributed by atoms with E-state index in [9.17, 15) is 0 Å². The number of allylic oxidation sites excluding steroid dienone is 3. The molecule has 1 aliphatic rings. The molecule has 0 aliphatic heterocycles. The van der Waals surface area contributed by atoms with Crippen LogP contribution in [-0.2, 0) is 6.42 Å². The van der Waals surface area contributed by atoms with Crippen molar-refractivity contribution < 1.29 is 0 Å². The third-order valence-electron chi connectivity index (χ3n) is 4.10. The van der Waals surface area contributed by atoms with Crippen LogP contribution in [0, 0.1) is 12.8 Å². The Morgan fingerprint density at radius 1 is 1.24 bits per heavy atom. The van der Waals surface area contributed by atoms with Gasteiger partial charge in [0.1, 0.15) is 0 Å². The highest BCUT2D eigenvalue weighted by atomic mass is 32.1. The van der Waals surface area contributed by atoms with Crippen LogP contribution >= 0.6 is 11.3 Å². The molecule has 0 saturated heterocycles. The molecule has 0 amide bonds. The molecule has 1 heteroatoms. The minimum absolute atomic E-state index is 0.679. The molecule has 0 saturated carbocycles. The quantitative estimate of drug-likeness (QED) is 0.555. The second-order valence-electron chi connectivity index (χ2n) is 5.99. The van der Waals surface area contributed by atoms with E-state index in [1.54, 1.807) is 4.88 Å². The van der Waals surface area contributed by atoms with Crippen LogP contribution in [0.3, 0.4) is 0 Å². The van der Waals surface area contributed by atoms with E-state index in [4.69, 9.17) is 0 Å². The first-order valence-electron chi connectivity index (χ1n) is 7.73.